The minimum atomic E-state index is -0.683. The topological polar surface area (TPSA) is 26.3 Å². The van der Waals surface area contributed by atoms with Crippen LogP contribution in [-0.4, -0.2) is 0 Å². The van der Waals surface area contributed by atoms with Crippen LogP contribution in [0.3, 0.4) is 0 Å². The molecule has 0 N–H and O–H groups in total. The number of benzene rings is 12. The predicted molar refractivity (Wildman–Crippen MR) is 269 cm³/mol. The molecule has 65 heavy (non-hydrogen) atoms. The fourth-order valence-corrected chi connectivity index (χ4v) is 12.6. The van der Waals surface area contributed by atoms with Crippen LogP contribution in [0.15, 0.2) is 215 Å². The SMILES string of the molecule is c1ccc2c(c1)-c1ccccc1C21c2cc(-c3ccc4ccccc4c3)c3c(oc4ccccc43)c2-c2c1cc(-c1cc3cccc4ccc5cccc1c5c43)c1oc3ccccc3c21. The molecule has 298 valence electrons. The zero-order valence-electron chi connectivity index (χ0n) is 34.9. The average Bonchev–Trinajstić information content (AvgIpc) is 4.10. The molecule has 2 aliphatic rings. The van der Waals surface area contributed by atoms with E-state index in [-0.39, 0.29) is 0 Å². The maximum Gasteiger partial charge on any atom is 0.144 e. The molecule has 0 atom stereocenters. The standard InChI is InChI=1S/C63H34O2/c1-2-14-38-31-39(30-27-35(38)13-1)46-33-52-60(62-57(46)44-20-5-9-25-53(44)65-62)59-51(63(52)49-23-7-3-18-41(49)42-19-4-8-24-50(42)63)34-48(61-58(59)45-21-6-10-26-54(45)64-61)47-32-40-17-11-15-36-28-29-37-16-12-22-43(47)56(37)55(36)40/h1-34H. The molecule has 14 aromatic rings. The Morgan fingerprint density at radius 3 is 1.62 bits per heavy atom. The Morgan fingerprint density at radius 1 is 0.277 bits per heavy atom. The summed E-state index contributed by atoms with van der Waals surface area (Å²) in [5.41, 5.74) is 17.4. The van der Waals surface area contributed by atoms with E-state index in [0.29, 0.717) is 0 Å². The van der Waals surface area contributed by atoms with Crippen molar-refractivity contribution in [1.82, 2.24) is 0 Å². The summed E-state index contributed by atoms with van der Waals surface area (Å²) >= 11 is 0. The number of hydrogen-bond donors (Lipinski definition) is 0. The third kappa shape index (κ3) is 4.12. The first-order valence-corrected chi connectivity index (χ1v) is 22.6. The molecule has 2 nitrogen and oxygen atoms in total. The third-order valence-electron chi connectivity index (χ3n) is 15.2. The van der Waals surface area contributed by atoms with Crippen LogP contribution in [0.5, 0.6) is 0 Å². The lowest BCUT2D eigenvalue weighted by atomic mass is 9.69. The van der Waals surface area contributed by atoms with Crippen LogP contribution < -0.4 is 0 Å². The fourth-order valence-electron chi connectivity index (χ4n) is 12.6. The first kappa shape index (κ1) is 34.1. The van der Waals surface area contributed by atoms with Gasteiger partial charge in [0.15, 0.2) is 0 Å². The van der Waals surface area contributed by atoms with E-state index in [1.807, 2.05) is 0 Å². The minimum absolute atomic E-state index is 0.683. The molecule has 0 bridgehead atoms. The smallest absolute Gasteiger partial charge is 0.144 e. The van der Waals surface area contributed by atoms with Gasteiger partial charge in [0.1, 0.15) is 22.3 Å². The van der Waals surface area contributed by atoms with Gasteiger partial charge < -0.3 is 8.83 Å². The Kier molecular flexibility index (Phi) is 6.27. The molecule has 0 saturated heterocycles. The molecule has 0 saturated carbocycles. The van der Waals surface area contributed by atoms with Crippen molar-refractivity contribution in [2.75, 3.05) is 0 Å². The zero-order valence-corrected chi connectivity index (χ0v) is 34.9. The molecule has 2 heteroatoms. The van der Waals surface area contributed by atoms with Gasteiger partial charge in [-0.25, -0.2) is 0 Å². The molecule has 0 aliphatic heterocycles. The highest BCUT2D eigenvalue weighted by atomic mass is 16.3. The molecule has 2 aliphatic carbocycles. The first-order valence-electron chi connectivity index (χ1n) is 22.6. The summed E-state index contributed by atoms with van der Waals surface area (Å²) in [4.78, 5) is 0. The Labute approximate surface area is 372 Å². The highest BCUT2D eigenvalue weighted by molar-refractivity contribution is 6.30. The van der Waals surface area contributed by atoms with Crippen molar-refractivity contribution < 1.29 is 8.83 Å². The summed E-state index contributed by atoms with van der Waals surface area (Å²) in [7, 11) is 0. The van der Waals surface area contributed by atoms with Crippen LogP contribution in [0.4, 0.5) is 0 Å². The van der Waals surface area contributed by atoms with Gasteiger partial charge in [-0.1, -0.05) is 170 Å². The lowest BCUT2D eigenvalue weighted by molar-refractivity contribution is 0.669. The lowest BCUT2D eigenvalue weighted by Gasteiger charge is -2.31. The van der Waals surface area contributed by atoms with E-state index in [2.05, 4.69) is 206 Å². The van der Waals surface area contributed by atoms with Gasteiger partial charge in [-0.2, -0.15) is 0 Å². The summed E-state index contributed by atoms with van der Waals surface area (Å²) in [5.74, 6) is 0. The van der Waals surface area contributed by atoms with Gasteiger partial charge in [-0.3, -0.25) is 0 Å². The first-order chi connectivity index (χ1) is 32.2. The predicted octanol–water partition coefficient (Wildman–Crippen LogP) is 17.2. The van der Waals surface area contributed by atoms with Gasteiger partial charge in [-0.15, -0.1) is 0 Å². The molecular formula is C63H34O2. The molecule has 2 heterocycles. The van der Waals surface area contributed by atoms with E-state index in [9.17, 15) is 0 Å². The second-order valence-corrected chi connectivity index (χ2v) is 18.2. The summed E-state index contributed by atoms with van der Waals surface area (Å²) in [6.07, 6.45) is 0. The van der Waals surface area contributed by atoms with Crippen molar-refractivity contribution in [3.8, 4) is 44.5 Å². The normalized spacial score (nSPS) is 13.7. The van der Waals surface area contributed by atoms with Gasteiger partial charge in [-0.05, 0) is 130 Å². The van der Waals surface area contributed by atoms with Crippen LogP contribution in [0.25, 0.3) is 131 Å². The molecule has 0 fully saturated rings. The van der Waals surface area contributed by atoms with Gasteiger partial charge in [0.05, 0.1) is 5.41 Å². The molecule has 0 unspecified atom stereocenters. The van der Waals surface area contributed by atoms with E-state index in [1.165, 1.54) is 98.7 Å². The van der Waals surface area contributed by atoms with Gasteiger partial charge in [0.2, 0.25) is 0 Å². The Morgan fingerprint density at radius 2 is 0.831 bits per heavy atom. The van der Waals surface area contributed by atoms with Crippen LogP contribution in [-0.2, 0) is 5.41 Å². The van der Waals surface area contributed by atoms with Crippen LogP contribution >= 0.6 is 0 Å². The van der Waals surface area contributed by atoms with E-state index >= 15 is 0 Å². The van der Waals surface area contributed by atoms with Crippen molar-refractivity contribution in [2.45, 2.75) is 5.41 Å². The number of furan rings is 2. The number of para-hydroxylation sites is 2. The fraction of sp³-hybridized carbons (Fsp3) is 0.0159. The summed E-state index contributed by atoms with van der Waals surface area (Å²) in [5, 5.41) is 14.5. The van der Waals surface area contributed by atoms with Crippen LogP contribution in [0.1, 0.15) is 22.3 Å². The maximum absolute atomic E-state index is 7.33. The maximum atomic E-state index is 7.33. The number of hydrogen-bond acceptors (Lipinski definition) is 2. The molecule has 16 rings (SSSR count). The van der Waals surface area contributed by atoms with Crippen molar-refractivity contribution in [1.29, 1.82) is 0 Å². The molecule has 12 aromatic carbocycles. The van der Waals surface area contributed by atoms with E-state index in [4.69, 9.17) is 8.83 Å². The molecule has 1 spiro atoms. The van der Waals surface area contributed by atoms with Crippen LogP contribution in [0.2, 0.25) is 0 Å². The van der Waals surface area contributed by atoms with Crippen LogP contribution in [0, 0.1) is 0 Å². The monoisotopic (exact) mass is 822 g/mol. The summed E-state index contributed by atoms with van der Waals surface area (Å²) < 4.78 is 14.6. The van der Waals surface area contributed by atoms with E-state index in [1.54, 1.807) is 0 Å². The Balaban J connectivity index is 1.15. The molecule has 0 radical (unpaired) electrons. The van der Waals surface area contributed by atoms with E-state index < -0.39 is 5.41 Å². The second kappa shape index (κ2) is 12.0. The molecular weight excluding hydrogens is 789 g/mol. The summed E-state index contributed by atoms with van der Waals surface area (Å²) in [6, 6.07) is 76.5. The van der Waals surface area contributed by atoms with Gasteiger partial charge in [0.25, 0.3) is 0 Å². The highest BCUT2D eigenvalue weighted by Gasteiger charge is 2.54. The van der Waals surface area contributed by atoms with Crippen molar-refractivity contribution >= 4 is 87.0 Å². The molecule has 2 aromatic heterocycles. The van der Waals surface area contributed by atoms with Crippen molar-refractivity contribution in [2.24, 2.45) is 0 Å². The Hall–Kier alpha value is -8.46. The number of rotatable bonds is 2. The highest BCUT2D eigenvalue weighted by Crippen LogP contribution is 2.67. The van der Waals surface area contributed by atoms with Gasteiger partial charge in [0, 0.05) is 38.2 Å². The quantitative estimate of drug-likeness (QED) is 0.162. The van der Waals surface area contributed by atoms with Crippen molar-refractivity contribution in [3.63, 3.8) is 0 Å². The zero-order chi connectivity index (χ0) is 42.1. The van der Waals surface area contributed by atoms with Crippen molar-refractivity contribution in [3.05, 3.63) is 229 Å². The van der Waals surface area contributed by atoms with E-state index in [0.717, 1.165) is 55.0 Å². The average molecular weight is 823 g/mol. The van der Waals surface area contributed by atoms with Gasteiger partial charge >= 0.3 is 0 Å². The Bertz CT molecular complexity index is 4380. The minimum Gasteiger partial charge on any atom is -0.455 e. The third-order valence-corrected chi connectivity index (χ3v) is 15.2. The molecule has 0 amide bonds. The number of fused-ring (bicyclic) bond motifs is 19. The summed E-state index contributed by atoms with van der Waals surface area (Å²) in [6.45, 7) is 0. The lowest BCUT2D eigenvalue weighted by Crippen LogP contribution is -2.26. The second-order valence-electron chi connectivity index (χ2n) is 18.2. The largest absolute Gasteiger partial charge is 0.455 e.